The highest BCUT2D eigenvalue weighted by molar-refractivity contribution is 6.30. The van der Waals surface area contributed by atoms with Crippen LogP contribution in [0.2, 0.25) is 5.15 Å². The number of benzene rings is 1. The molecule has 2 nitrogen and oxygen atoms in total. The van der Waals surface area contributed by atoms with Gasteiger partial charge in [0.2, 0.25) is 0 Å². The van der Waals surface area contributed by atoms with Crippen molar-refractivity contribution in [2.45, 2.75) is 26.9 Å². The molecule has 2 rings (SSSR count). The first-order valence-corrected chi connectivity index (χ1v) is 6.86. The summed E-state index contributed by atoms with van der Waals surface area (Å²) in [5.41, 5.74) is -0.356. The Hall–Kier alpha value is -1.49. The number of halogens is 4. The van der Waals surface area contributed by atoms with E-state index in [4.69, 9.17) is 11.6 Å². The lowest BCUT2D eigenvalue weighted by molar-refractivity contribution is -0.136. The van der Waals surface area contributed by atoms with Gasteiger partial charge in [0, 0.05) is 17.6 Å². The van der Waals surface area contributed by atoms with Crippen molar-refractivity contribution in [3.05, 3.63) is 35.0 Å². The van der Waals surface area contributed by atoms with Crippen LogP contribution >= 0.6 is 11.6 Å². The summed E-state index contributed by atoms with van der Waals surface area (Å²) in [6.45, 7) is 6.71. The van der Waals surface area contributed by atoms with E-state index in [9.17, 15) is 13.2 Å². The summed E-state index contributed by atoms with van der Waals surface area (Å²) in [7, 11) is 0. The molecule has 21 heavy (non-hydrogen) atoms. The zero-order valence-corrected chi connectivity index (χ0v) is 12.7. The molecule has 0 radical (unpaired) electrons. The Kier molecular flexibility index (Phi) is 4.06. The molecular weight excluding hydrogens is 301 g/mol. The van der Waals surface area contributed by atoms with Gasteiger partial charge in [-0.1, -0.05) is 44.5 Å². The molecule has 0 bridgehead atoms. The van der Waals surface area contributed by atoms with E-state index < -0.39 is 11.7 Å². The Morgan fingerprint density at radius 2 is 1.86 bits per heavy atom. The number of nitrogens with one attached hydrogen (secondary N) is 1. The van der Waals surface area contributed by atoms with E-state index in [-0.39, 0.29) is 16.1 Å². The Morgan fingerprint density at radius 3 is 2.43 bits per heavy atom. The van der Waals surface area contributed by atoms with Crippen LogP contribution in [-0.2, 0) is 6.18 Å². The van der Waals surface area contributed by atoms with Gasteiger partial charge < -0.3 is 5.32 Å². The molecule has 0 unspecified atom stereocenters. The highest BCUT2D eigenvalue weighted by Crippen LogP contribution is 2.37. The molecule has 114 valence electrons. The van der Waals surface area contributed by atoms with Crippen LogP contribution in [0.15, 0.2) is 24.3 Å². The lowest BCUT2D eigenvalue weighted by Crippen LogP contribution is -2.19. The monoisotopic (exact) mass is 316 g/mol. The van der Waals surface area contributed by atoms with Crippen LogP contribution in [0.1, 0.15) is 26.3 Å². The minimum atomic E-state index is -4.46. The van der Waals surface area contributed by atoms with E-state index in [0.29, 0.717) is 17.6 Å². The van der Waals surface area contributed by atoms with Crippen molar-refractivity contribution in [1.82, 2.24) is 4.98 Å². The van der Waals surface area contributed by atoms with Crippen LogP contribution in [0.3, 0.4) is 0 Å². The fourth-order valence-electron chi connectivity index (χ4n) is 1.95. The summed E-state index contributed by atoms with van der Waals surface area (Å²) < 4.78 is 39.2. The maximum atomic E-state index is 13.1. The number of hydrogen-bond acceptors (Lipinski definition) is 2. The molecule has 0 atom stereocenters. The molecule has 0 spiro atoms. The first kappa shape index (κ1) is 15.9. The second-order valence-corrected chi connectivity index (χ2v) is 6.49. The van der Waals surface area contributed by atoms with Crippen molar-refractivity contribution < 1.29 is 13.2 Å². The maximum absolute atomic E-state index is 13.1. The standard InChI is InChI=1S/C15H16ClF3N2/c1-14(2,3)8-20-11-7-12(16)21-13-9(11)5-4-6-10(13)15(17,18)19/h4-7H,8H2,1-3H3,(H,20,21). The van der Waals surface area contributed by atoms with Gasteiger partial charge in [-0.15, -0.1) is 0 Å². The summed E-state index contributed by atoms with van der Waals surface area (Å²) in [6, 6.07) is 5.55. The Labute approximate surface area is 126 Å². The zero-order valence-electron chi connectivity index (χ0n) is 12.0. The molecule has 0 saturated carbocycles. The average molecular weight is 317 g/mol. The maximum Gasteiger partial charge on any atom is 0.418 e. The molecule has 1 aromatic heterocycles. The highest BCUT2D eigenvalue weighted by Gasteiger charge is 2.33. The quantitative estimate of drug-likeness (QED) is 0.754. The second-order valence-electron chi connectivity index (χ2n) is 6.11. The first-order chi connectivity index (χ1) is 9.58. The molecule has 0 saturated heterocycles. The van der Waals surface area contributed by atoms with E-state index in [1.807, 2.05) is 20.8 Å². The molecule has 1 heterocycles. The lowest BCUT2D eigenvalue weighted by atomic mass is 9.96. The Morgan fingerprint density at radius 1 is 1.19 bits per heavy atom. The molecule has 0 fully saturated rings. The second kappa shape index (κ2) is 5.37. The molecule has 0 aliphatic carbocycles. The van der Waals surface area contributed by atoms with E-state index in [2.05, 4.69) is 10.3 Å². The van der Waals surface area contributed by atoms with Crippen LogP contribution in [0.4, 0.5) is 18.9 Å². The van der Waals surface area contributed by atoms with Gasteiger partial charge in [-0.05, 0) is 17.5 Å². The molecule has 0 aliphatic heterocycles. The van der Waals surface area contributed by atoms with Crippen LogP contribution < -0.4 is 5.32 Å². The topological polar surface area (TPSA) is 24.9 Å². The number of hydrogen-bond donors (Lipinski definition) is 1. The normalized spacial score (nSPS) is 12.7. The predicted octanol–water partition coefficient (Wildman–Crippen LogP) is 5.37. The lowest BCUT2D eigenvalue weighted by Gasteiger charge is -2.21. The van der Waals surface area contributed by atoms with Gasteiger partial charge in [0.05, 0.1) is 11.1 Å². The third-order valence-corrected chi connectivity index (χ3v) is 3.12. The minimum Gasteiger partial charge on any atom is -0.384 e. The van der Waals surface area contributed by atoms with Crippen molar-refractivity contribution in [2.24, 2.45) is 5.41 Å². The number of fused-ring (bicyclic) bond motifs is 1. The van der Waals surface area contributed by atoms with E-state index in [1.54, 1.807) is 12.1 Å². The van der Waals surface area contributed by atoms with Gasteiger partial charge in [0.1, 0.15) is 5.15 Å². The highest BCUT2D eigenvalue weighted by atomic mass is 35.5. The molecule has 1 N–H and O–H groups in total. The number of aromatic nitrogens is 1. The fraction of sp³-hybridized carbons (Fsp3) is 0.400. The predicted molar refractivity (Wildman–Crippen MR) is 79.7 cm³/mol. The van der Waals surface area contributed by atoms with Crippen LogP contribution in [-0.4, -0.2) is 11.5 Å². The summed E-state index contributed by atoms with van der Waals surface area (Å²) >= 11 is 5.88. The van der Waals surface area contributed by atoms with Crippen molar-refractivity contribution in [3.63, 3.8) is 0 Å². The summed E-state index contributed by atoms with van der Waals surface area (Å²) in [5.74, 6) is 0. The largest absolute Gasteiger partial charge is 0.418 e. The summed E-state index contributed by atoms with van der Waals surface area (Å²) in [4.78, 5) is 3.85. The van der Waals surface area contributed by atoms with Gasteiger partial charge in [-0.25, -0.2) is 4.98 Å². The number of para-hydroxylation sites is 1. The van der Waals surface area contributed by atoms with Crippen molar-refractivity contribution >= 4 is 28.2 Å². The fourth-order valence-corrected chi connectivity index (χ4v) is 2.15. The first-order valence-electron chi connectivity index (χ1n) is 6.48. The smallest absolute Gasteiger partial charge is 0.384 e. The third kappa shape index (κ3) is 3.79. The molecule has 2 aromatic rings. The Balaban J connectivity index is 2.57. The number of pyridine rings is 1. The molecule has 6 heteroatoms. The van der Waals surface area contributed by atoms with Crippen molar-refractivity contribution in [1.29, 1.82) is 0 Å². The van der Waals surface area contributed by atoms with Crippen LogP contribution in [0, 0.1) is 5.41 Å². The SMILES string of the molecule is CC(C)(C)CNc1cc(Cl)nc2c(C(F)(F)F)cccc12. The van der Waals surface area contributed by atoms with E-state index in [1.165, 1.54) is 6.07 Å². The van der Waals surface area contributed by atoms with Gasteiger partial charge in [0.25, 0.3) is 0 Å². The van der Waals surface area contributed by atoms with Gasteiger partial charge in [-0.3, -0.25) is 0 Å². The minimum absolute atomic E-state index is 0.0102. The molecular formula is C15H16ClF3N2. The van der Waals surface area contributed by atoms with Crippen LogP contribution in [0.5, 0.6) is 0 Å². The summed E-state index contributed by atoms with van der Waals surface area (Å²) in [6.07, 6.45) is -4.46. The van der Waals surface area contributed by atoms with Crippen molar-refractivity contribution in [3.8, 4) is 0 Å². The number of nitrogens with zero attached hydrogens (tertiary/aromatic N) is 1. The average Bonchev–Trinajstić information content (AvgIpc) is 2.32. The number of anilines is 1. The molecule has 0 aliphatic rings. The molecule has 1 aromatic carbocycles. The summed E-state index contributed by atoms with van der Waals surface area (Å²) in [5, 5.41) is 3.61. The van der Waals surface area contributed by atoms with Gasteiger partial charge in [0.15, 0.2) is 0 Å². The van der Waals surface area contributed by atoms with E-state index >= 15 is 0 Å². The number of alkyl halides is 3. The van der Waals surface area contributed by atoms with Gasteiger partial charge >= 0.3 is 6.18 Å². The van der Waals surface area contributed by atoms with Crippen molar-refractivity contribution in [2.75, 3.05) is 11.9 Å². The van der Waals surface area contributed by atoms with E-state index in [0.717, 1.165) is 6.07 Å². The van der Waals surface area contributed by atoms with Gasteiger partial charge in [-0.2, -0.15) is 13.2 Å². The molecule has 0 amide bonds. The zero-order chi connectivity index (χ0) is 15.8. The number of rotatable bonds is 2. The Bertz CT molecular complexity index is 660. The van der Waals surface area contributed by atoms with Crippen LogP contribution in [0.25, 0.3) is 10.9 Å². The third-order valence-electron chi connectivity index (χ3n) is 2.92.